The van der Waals surface area contributed by atoms with Gasteiger partial charge in [0.05, 0.1) is 25.4 Å². The standard InChI is InChI=1S/C43H76NO9P/c1-3-5-7-9-11-13-15-17-18-19-21-23-25-27-29-33-42(45)49-37-39(38-51-54(47,48)50-36-35-44)52-43(46)34-30-32-41-40(53-41)31-28-26-24-22-20-16-14-12-10-8-6-4-2/h12,14,17-18,20,22,26,28,39-41H,3-11,13,15-16,19,21,23-25,27,29-38,44H2,1-2H3,(H,47,48)/b14-12-,18-17-,22-20-,28-26-/t39-,40?,41?/m1/s1. The van der Waals surface area contributed by atoms with Gasteiger partial charge in [0.15, 0.2) is 6.10 Å². The molecule has 0 bridgehead atoms. The van der Waals surface area contributed by atoms with Crippen LogP contribution in [0.4, 0.5) is 0 Å². The van der Waals surface area contributed by atoms with Crippen molar-refractivity contribution < 1.29 is 42.3 Å². The number of hydrogen-bond acceptors (Lipinski definition) is 9. The molecule has 3 unspecified atom stereocenters. The van der Waals surface area contributed by atoms with Crippen LogP contribution >= 0.6 is 7.82 Å². The lowest BCUT2D eigenvalue weighted by atomic mass is 10.1. The third-order valence-corrected chi connectivity index (χ3v) is 10.1. The largest absolute Gasteiger partial charge is 0.472 e. The molecule has 1 rings (SSSR count). The van der Waals surface area contributed by atoms with E-state index in [0.29, 0.717) is 12.8 Å². The van der Waals surface area contributed by atoms with Gasteiger partial charge in [-0.05, 0) is 77.0 Å². The second-order valence-electron chi connectivity index (χ2n) is 14.2. The number of nitrogens with two attached hydrogens (primary N) is 1. The number of phosphoric acid groups is 1. The number of esters is 2. The SMILES string of the molecule is CCCCC/C=C\C/C=C\C/C=C\CC1OC1CCCC(=O)O[C@H](COC(=O)CCCCCCC/C=C\CCCCCCCC)COP(=O)(O)OCCN. The molecule has 10 nitrogen and oxygen atoms in total. The van der Waals surface area contributed by atoms with E-state index in [9.17, 15) is 19.0 Å². The lowest BCUT2D eigenvalue weighted by Crippen LogP contribution is -2.29. The molecule has 0 saturated carbocycles. The number of rotatable bonds is 38. The van der Waals surface area contributed by atoms with Crippen molar-refractivity contribution >= 4 is 19.8 Å². The Morgan fingerprint density at radius 2 is 1.20 bits per heavy atom. The van der Waals surface area contributed by atoms with E-state index in [0.717, 1.165) is 64.2 Å². The van der Waals surface area contributed by atoms with Crippen LogP contribution in [0.15, 0.2) is 48.6 Å². The molecule has 4 atom stereocenters. The van der Waals surface area contributed by atoms with E-state index in [1.807, 2.05) is 0 Å². The Hall–Kier alpha value is -2.07. The number of carbonyl (C=O) groups excluding carboxylic acids is 2. The number of epoxide rings is 1. The molecule has 0 aliphatic carbocycles. The first-order valence-corrected chi connectivity index (χ1v) is 22.7. The number of unbranched alkanes of at least 4 members (excludes halogenated alkanes) is 14. The molecule has 0 aromatic carbocycles. The third-order valence-electron chi connectivity index (χ3n) is 9.11. The van der Waals surface area contributed by atoms with Crippen LogP contribution in [-0.4, -0.2) is 61.5 Å². The molecule has 1 aliphatic heterocycles. The van der Waals surface area contributed by atoms with Crippen molar-refractivity contribution in [3.8, 4) is 0 Å². The molecule has 0 spiro atoms. The van der Waals surface area contributed by atoms with Gasteiger partial charge in [0, 0.05) is 19.4 Å². The van der Waals surface area contributed by atoms with Crippen LogP contribution < -0.4 is 5.73 Å². The predicted molar refractivity (Wildman–Crippen MR) is 219 cm³/mol. The normalized spacial score (nSPS) is 17.6. The molecule has 1 heterocycles. The summed E-state index contributed by atoms with van der Waals surface area (Å²) in [5, 5.41) is 0. The van der Waals surface area contributed by atoms with Gasteiger partial charge in [0.25, 0.3) is 0 Å². The highest BCUT2D eigenvalue weighted by molar-refractivity contribution is 7.47. The van der Waals surface area contributed by atoms with E-state index in [2.05, 4.69) is 62.5 Å². The van der Waals surface area contributed by atoms with Crippen molar-refractivity contribution in [3.63, 3.8) is 0 Å². The van der Waals surface area contributed by atoms with Crippen molar-refractivity contribution in [2.45, 2.75) is 186 Å². The molecule has 1 saturated heterocycles. The topological polar surface area (TPSA) is 147 Å². The molecule has 0 amide bonds. The van der Waals surface area contributed by atoms with Crippen molar-refractivity contribution in [1.29, 1.82) is 0 Å². The number of ether oxygens (including phenoxy) is 3. The van der Waals surface area contributed by atoms with Gasteiger partial charge in [-0.15, -0.1) is 0 Å². The van der Waals surface area contributed by atoms with Crippen molar-refractivity contribution in [1.82, 2.24) is 0 Å². The van der Waals surface area contributed by atoms with Crippen LogP contribution in [0.3, 0.4) is 0 Å². The van der Waals surface area contributed by atoms with Crippen LogP contribution in [0.25, 0.3) is 0 Å². The number of carbonyl (C=O) groups is 2. The zero-order valence-electron chi connectivity index (χ0n) is 33.9. The monoisotopic (exact) mass is 782 g/mol. The summed E-state index contributed by atoms with van der Waals surface area (Å²) >= 11 is 0. The molecule has 0 aromatic heterocycles. The highest BCUT2D eigenvalue weighted by Crippen LogP contribution is 2.43. The molecule has 1 fully saturated rings. The second-order valence-corrected chi connectivity index (χ2v) is 15.7. The maximum atomic E-state index is 12.6. The van der Waals surface area contributed by atoms with E-state index in [1.165, 1.54) is 64.2 Å². The van der Waals surface area contributed by atoms with Gasteiger partial charge in [-0.2, -0.15) is 0 Å². The number of hydrogen-bond donors (Lipinski definition) is 2. The van der Waals surface area contributed by atoms with Crippen LogP contribution in [0.1, 0.15) is 168 Å². The summed E-state index contributed by atoms with van der Waals surface area (Å²) < 4.78 is 38.5. The van der Waals surface area contributed by atoms with E-state index in [-0.39, 0.29) is 44.8 Å². The fraction of sp³-hybridized carbons (Fsp3) is 0.767. The summed E-state index contributed by atoms with van der Waals surface area (Å²) in [6.07, 6.45) is 41.6. The van der Waals surface area contributed by atoms with E-state index in [4.69, 9.17) is 29.0 Å². The van der Waals surface area contributed by atoms with Crippen LogP contribution in [-0.2, 0) is 37.4 Å². The Balaban J connectivity index is 2.26. The smallest absolute Gasteiger partial charge is 0.462 e. The molecule has 11 heteroatoms. The molecular weight excluding hydrogens is 705 g/mol. The van der Waals surface area contributed by atoms with E-state index >= 15 is 0 Å². The molecule has 0 aromatic rings. The number of allylic oxidation sites excluding steroid dienone is 7. The third kappa shape index (κ3) is 32.2. The maximum Gasteiger partial charge on any atom is 0.472 e. The van der Waals surface area contributed by atoms with Gasteiger partial charge >= 0.3 is 19.8 Å². The van der Waals surface area contributed by atoms with Gasteiger partial charge < -0.3 is 24.8 Å². The predicted octanol–water partition coefficient (Wildman–Crippen LogP) is 10.9. The van der Waals surface area contributed by atoms with Crippen LogP contribution in [0.5, 0.6) is 0 Å². The summed E-state index contributed by atoms with van der Waals surface area (Å²) in [6.45, 7) is 3.59. The molecular formula is C43H76NO9P. The molecule has 54 heavy (non-hydrogen) atoms. The van der Waals surface area contributed by atoms with E-state index in [1.54, 1.807) is 0 Å². The quantitative estimate of drug-likeness (QED) is 0.0204. The average Bonchev–Trinajstić information content (AvgIpc) is 3.91. The van der Waals surface area contributed by atoms with Crippen LogP contribution in [0.2, 0.25) is 0 Å². The summed E-state index contributed by atoms with van der Waals surface area (Å²) in [6, 6.07) is 0. The molecule has 1 aliphatic rings. The highest BCUT2D eigenvalue weighted by Gasteiger charge is 2.36. The van der Waals surface area contributed by atoms with E-state index < -0.39 is 32.5 Å². The molecule has 312 valence electrons. The Labute approximate surface area is 328 Å². The maximum absolute atomic E-state index is 12.6. The van der Waals surface area contributed by atoms with Crippen molar-refractivity contribution in [3.05, 3.63) is 48.6 Å². The van der Waals surface area contributed by atoms with Crippen LogP contribution in [0, 0.1) is 0 Å². The summed E-state index contributed by atoms with van der Waals surface area (Å²) in [4.78, 5) is 34.9. The minimum absolute atomic E-state index is 0.0385. The Kier molecular flexibility index (Phi) is 32.7. The fourth-order valence-corrected chi connectivity index (χ4v) is 6.60. The first-order chi connectivity index (χ1) is 26.3. The second kappa shape index (κ2) is 35.4. The lowest BCUT2D eigenvalue weighted by Gasteiger charge is -2.19. The summed E-state index contributed by atoms with van der Waals surface area (Å²) in [7, 11) is -4.40. The zero-order chi connectivity index (χ0) is 39.4. The first kappa shape index (κ1) is 49.9. The van der Waals surface area contributed by atoms with Gasteiger partial charge in [-0.1, -0.05) is 127 Å². The highest BCUT2D eigenvalue weighted by atomic mass is 31.2. The molecule has 0 radical (unpaired) electrons. The van der Waals surface area contributed by atoms with Crippen molar-refractivity contribution in [2.24, 2.45) is 5.73 Å². The Morgan fingerprint density at radius 1 is 0.667 bits per heavy atom. The zero-order valence-corrected chi connectivity index (χ0v) is 34.8. The Bertz CT molecular complexity index is 1090. The van der Waals surface area contributed by atoms with Crippen molar-refractivity contribution in [2.75, 3.05) is 26.4 Å². The Morgan fingerprint density at radius 3 is 1.87 bits per heavy atom. The minimum Gasteiger partial charge on any atom is -0.462 e. The summed E-state index contributed by atoms with van der Waals surface area (Å²) in [5.74, 6) is -0.917. The average molecular weight is 782 g/mol. The van der Waals surface area contributed by atoms with Gasteiger partial charge in [0.1, 0.15) is 6.61 Å². The molecule has 3 N–H and O–H groups in total. The van der Waals surface area contributed by atoms with Gasteiger partial charge in [0.2, 0.25) is 0 Å². The number of phosphoric ester groups is 1. The fourth-order valence-electron chi connectivity index (χ4n) is 5.83. The lowest BCUT2D eigenvalue weighted by molar-refractivity contribution is -0.161. The minimum atomic E-state index is -4.40. The summed E-state index contributed by atoms with van der Waals surface area (Å²) in [5.41, 5.74) is 5.34. The first-order valence-electron chi connectivity index (χ1n) is 21.2. The van der Waals surface area contributed by atoms with Gasteiger partial charge in [-0.25, -0.2) is 4.57 Å². The van der Waals surface area contributed by atoms with Gasteiger partial charge in [-0.3, -0.25) is 18.6 Å².